The van der Waals surface area contributed by atoms with Crippen LogP contribution < -0.4 is 14.8 Å². The van der Waals surface area contributed by atoms with Crippen LogP contribution in [0.5, 0.6) is 11.5 Å². The summed E-state index contributed by atoms with van der Waals surface area (Å²) in [7, 11) is 0. The maximum atomic E-state index is 12.5. The number of ether oxygens (including phenoxy) is 2. The highest BCUT2D eigenvalue weighted by molar-refractivity contribution is 5.85. The van der Waals surface area contributed by atoms with Crippen LogP contribution >= 0.6 is 12.4 Å². The van der Waals surface area contributed by atoms with Gasteiger partial charge in [-0.1, -0.05) is 0 Å². The summed E-state index contributed by atoms with van der Waals surface area (Å²) in [4.78, 5) is 10.4. The highest BCUT2D eigenvalue weighted by atomic mass is 35.5. The van der Waals surface area contributed by atoms with E-state index >= 15 is 0 Å². The topological polar surface area (TPSA) is 59.5 Å². The van der Waals surface area contributed by atoms with Gasteiger partial charge in [0.1, 0.15) is 25.4 Å². The zero-order valence-corrected chi connectivity index (χ0v) is 15.8. The Morgan fingerprint density at radius 3 is 2.68 bits per heavy atom. The Balaban J connectivity index is 0.00000225. The SMILES string of the molecule is Cl.FC(F)(F)CCN1CCc2c(ncnc2Nc2ccc3c(c2)OCCO3)C1. The Hall–Kier alpha value is -2.26. The van der Waals surface area contributed by atoms with Gasteiger partial charge in [0.15, 0.2) is 11.5 Å². The largest absolute Gasteiger partial charge is 0.486 e. The second-order valence-electron chi connectivity index (χ2n) is 6.52. The molecule has 3 heterocycles. The van der Waals surface area contributed by atoms with Crippen LogP contribution in [0, 0.1) is 0 Å². The van der Waals surface area contributed by atoms with E-state index in [0.29, 0.717) is 50.0 Å². The molecule has 2 aromatic rings. The van der Waals surface area contributed by atoms with Gasteiger partial charge < -0.3 is 14.8 Å². The highest BCUT2D eigenvalue weighted by Gasteiger charge is 2.29. The summed E-state index contributed by atoms with van der Waals surface area (Å²) in [6, 6.07) is 5.56. The molecule has 1 aromatic carbocycles. The third kappa shape index (κ3) is 4.77. The van der Waals surface area contributed by atoms with Crippen LogP contribution in [0.4, 0.5) is 24.7 Å². The average Bonchev–Trinajstić information content (AvgIpc) is 2.66. The number of hydrogen-bond donors (Lipinski definition) is 1. The molecule has 0 unspecified atom stereocenters. The molecule has 0 saturated heterocycles. The zero-order valence-electron chi connectivity index (χ0n) is 15.0. The van der Waals surface area contributed by atoms with Crippen LogP contribution in [0.2, 0.25) is 0 Å². The number of aromatic nitrogens is 2. The summed E-state index contributed by atoms with van der Waals surface area (Å²) in [5, 5.41) is 3.27. The van der Waals surface area contributed by atoms with Crippen molar-refractivity contribution < 1.29 is 22.6 Å². The monoisotopic (exact) mass is 416 g/mol. The smallest absolute Gasteiger partial charge is 0.390 e. The summed E-state index contributed by atoms with van der Waals surface area (Å²) >= 11 is 0. The lowest BCUT2D eigenvalue weighted by Gasteiger charge is -2.29. The number of rotatable bonds is 4. The fraction of sp³-hybridized carbons (Fsp3) is 0.444. The summed E-state index contributed by atoms with van der Waals surface area (Å²) < 4.78 is 48.5. The van der Waals surface area contributed by atoms with Gasteiger partial charge in [-0.2, -0.15) is 13.2 Å². The van der Waals surface area contributed by atoms with E-state index in [-0.39, 0.29) is 19.0 Å². The molecule has 28 heavy (non-hydrogen) atoms. The quantitative estimate of drug-likeness (QED) is 0.819. The molecule has 0 aliphatic carbocycles. The Morgan fingerprint density at radius 1 is 1.11 bits per heavy atom. The standard InChI is InChI=1S/C18H19F3N4O2.ClH/c19-18(20,21)4-6-25-5-3-13-14(10-25)22-11-23-17(13)24-12-1-2-15-16(9-12)27-8-7-26-15;/h1-2,9,11H,3-8,10H2,(H,22,23,24);1H. The lowest BCUT2D eigenvalue weighted by molar-refractivity contribution is -0.138. The first-order chi connectivity index (χ1) is 13.0. The molecule has 2 aliphatic rings. The Bertz CT molecular complexity index is 835. The molecule has 0 amide bonds. The molecule has 10 heteroatoms. The lowest BCUT2D eigenvalue weighted by Crippen LogP contribution is -2.34. The van der Waals surface area contributed by atoms with Crippen LogP contribution in [-0.2, 0) is 13.0 Å². The molecule has 152 valence electrons. The molecule has 0 atom stereocenters. The fourth-order valence-corrected chi connectivity index (χ4v) is 3.25. The number of hydrogen-bond acceptors (Lipinski definition) is 6. The van der Waals surface area contributed by atoms with Gasteiger partial charge in [-0.25, -0.2) is 9.97 Å². The number of nitrogens with zero attached hydrogens (tertiary/aromatic N) is 3. The Kier molecular flexibility index (Phi) is 6.14. The molecule has 0 spiro atoms. The minimum Gasteiger partial charge on any atom is -0.486 e. The van der Waals surface area contributed by atoms with Crippen LogP contribution in [0.15, 0.2) is 24.5 Å². The lowest BCUT2D eigenvalue weighted by atomic mass is 10.1. The van der Waals surface area contributed by atoms with Crippen molar-refractivity contribution >= 4 is 23.9 Å². The van der Waals surface area contributed by atoms with Gasteiger partial charge in [0.25, 0.3) is 0 Å². The van der Waals surface area contributed by atoms with Gasteiger partial charge in [-0.15, -0.1) is 12.4 Å². The van der Waals surface area contributed by atoms with Gasteiger partial charge >= 0.3 is 6.18 Å². The van der Waals surface area contributed by atoms with Gasteiger partial charge in [0, 0.05) is 37.0 Å². The van der Waals surface area contributed by atoms with Crippen molar-refractivity contribution in [2.24, 2.45) is 0 Å². The van der Waals surface area contributed by atoms with Crippen molar-refractivity contribution in [1.29, 1.82) is 0 Å². The van der Waals surface area contributed by atoms with Gasteiger partial charge in [0.2, 0.25) is 0 Å². The van der Waals surface area contributed by atoms with Crippen molar-refractivity contribution in [2.75, 3.05) is 31.6 Å². The number of nitrogens with one attached hydrogen (secondary N) is 1. The summed E-state index contributed by atoms with van der Waals surface area (Å²) in [6.45, 7) is 1.96. The molecule has 4 rings (SSSR count). The highest BCUT2D eigenvalue weighted by Crippen LogP contribution is 2.34. The van der Waals surface area contributed by atoms with E-state index in [9.17, 15) is 13.2 Å². The van der Waals surface area contributed by atoms with Crippen LogP contribution in [0.25, 0.3) is 0 Å². The predicted octanol–water partition coefficient (Wildman–Crippen LogP) is 3.72. The van der Waals surface area contributed by atoms with E-state index in [1.807, 2.05) is 18.2 Å². The first-order valence-electron chi connectivity index (χ1n) is 8.76. The van der Waals surface area contributed by atoms with Crippen molar-refractivity contribution in [3.05, 3.63) is 35.8 Å². The van der Waals surface area contributed by atoms with Gasteiger partial charge in [-0.05, 0) is 18.6 Å². The molecule has 0 fully saturated rings. The molecule has 0 saturated carbocycles. The zero-order chi connectivity index (χ0) is 18.9. The third-order valence-corrected chi connectivity index (χ3v) is 4.60. The number of halogens is 4. The number of fused-ring (bicyclic) bond motifs is 2. The molecule has 1 N–H and O–H groups in total. The van der Waals surface area contributed by atoms with Gasteiger partial charge in [0.05, 0.1) is 12.1 Å². The molecule has 2 aliphatic heterocycles. The van der Waals surface area contributed by atoms with Crippen molar-refractivity contribution in [2.45, 2.75) is 25.6 Å². The van der Waals surface area contributed by atoms with E-state index in [1.54, 1.807) is 4.90 Å². The fourth-order valence-electron chi connectivity index (χ4n) is 3.25. The first-order valence-corrected chi connectivity index (χ1v) is 8.76. The normalized spacial score (nSPS) is 16.1. The van der Waals surface area contributed by atoms with Crippen molar-refractivity contribution in [1.82, 2.24) is 14.9 Å². The summed E-state index contributed by atoms with van der Waals surface area (Å²) in [5.41, 5.74) is 2.51. The van der Waals surface area contributed by atoms with E-state index in [4.69, 9.17) is 9.47 Å². The molecule has 0 bridgehead atoms. The molecule has 1 aromatic heterocycles. The van der Waals surface area contributed by atoms with Gasteiger partial charge in [-0.3, -0.25) is 4.90 Å². The predicted molar refractivity (Wildman–Crippen MR) is 99.6 cm³/mol. The van der Waals surface area contributed by atoms with E-state index in [0.717, 1.165) is 16.9 Å². The molecular weight excluding hydrogens is 397 g/mol. The Labute approximate surface area is 166 Å². The minimum absolute atomic E-state index is 0. The number of benzene rings is 1. The van der Waals surface area contributed by atoms with Crippen LogP contribution in [0.3, 0.4) is 0 Å². The second kappa shape index (κ2) is 8.40. The molecule has 6 nitrogen and oxygen atoms in total. The summed E-state index contributed by atoms with van der Waals surface area (Å²) in [5.74, 6) is 2.05. The Morgan fingerprint density at radius 2 is 1.89 bits per heavy atom. The van der Waals surface area contributed by atoms with E-state index in [1.165, 1.54) is 6.33 Å². The third-order valence-electron chi connectivity index (χ3n) is 4.60. The molecular formula is C18H20ClF3N4O2. The van der Waals surface area contributed by atoms with Crippen LogP contribution in [-0.4, -0.2) is 47.3 Å². The first kappa shape index (κ1) is 20.5. The number of alkyl halides is 3. The summed E-state index contributed by atoms with van der Waals surface area (Å²) in [6.07, 6.45) is -2.92. The average molecular weight is 417 g/mol. The maximum absolute atomic E-state index is 12.5. The minimum atomic E-state index is -4.14. The van der Waals surface area contributed by atoms with Crippen molar-refractivity contribution in [3.63, 3.8) is 0 Å². The van der Waals surface area contributed by atoms with Crippen LogP contribution in [0.1, 0.15) is 17.7 Å². The van der Waals surface area contributed by atoms with E-state index < -0.39 is 12.6 Å². The van der Waals surface area contributed by atoms with Crippen molar-refractivity contribution in [3.8, 4) is 11.5 Å². The number of anilines is 2. The maximum Gasteiger partial charge on any atom is 0.390 e. The second-order valence-corrected chi connectivity index (χ2v) is 6.52. The molecule has 0 radical (unpaired) electrons. The van der Waals surface area contributed by atoms with E-state index in [2.05, 4.69) is 15.3 Å².